The van der Waals surface area contributed by atoms with Crippen molar-refractivity contribution in [3.63, 3.8) is 0 Å². The third kappa shape index (κ3) is 2.50. The first-order valence-corrected chi connectivity index (χ1v) is 8.08. The highest BCUT2D eigenvalue weighted by molar-refractivity contribution is 8.00. The molecule has 0 spiro atoms. The molecule has 1 aromatic rings. The number of aromatic nitrogens is 2. The maximum atomic E-state index is 12.2. The fraction of sp³-hybridized carbons (Fsp3) is 0.385. The number of nitrogens with zero attached hydrogens (tertiary/aromatic N) is 3. The van der Waals surface area contributed by atoms with Gasteiger partial charge in [-0.15, -0.1) is 11.8 Å². The van der Waals surface area contributed by atoms with Crippen LogP contribution in [0.15, 0.2) is 24.2 Å². The number of thiocarbonyl (C=S) groups is 1. The molecule has 2 atom stereocenters. The van der Waals surface area contributed by atoms with E-state index in [1.54, 1.807) is 12.3 Å². The highest BCUT2D eigenvalue weighted by atomic mass is 32.2. The molecule has 2 aliphatic rings. The Morgan fingerprint density at radius 2 is 2.41 bits per heavy atom. The SMILES string of the molecule is Cn1ccnc1CC(=S)N[C@@H]1C(=O)N2C(C(=O)O)=CCS[C@H]12. The van der Waals surface area contributed by atoms with Crippen LogP contribution in [0.25, 0.3) is 0 Å². The van der Waals surface area contributed by atoms with E-state index in [4.69, 9.17) is 17.3 Å². The van der Waals surface area contributed by atoms with Crippen LogP contribution < -0.4 is 5.32 Å². The second kappa shape index (κ2) is 5.73. The maximum absolute atomic E-state index is 12.2. The molecule has 7 nitrogen and oxygen atoms in total. The number of carbonyl (C=O) groups excluding carboxylic acids is 1. The molecule has 0 radical (unpaired) electrons. The van der Waals surface area contributed by atoms with Gasteiger partial charge in [0.1, 0.15) is 22.9 Å². The average molecular weight is 338 g/mol. The Kier molecular flexibility index (Phi) is 3.92. The molecule has 116 valence electrons. The van der Waals surface area contributed by atoms with Crippen molar-refractivity contribution < 1.29 is 14.7 Å². The Morgan fingerprint density at radius 3 is 3.05 bits per heavy atom. The van der Waals surface area contributed by atoms with Gasteiger partial charge in [-0.25, -0.2) is 9.78 Å². The smallest absolute Gasteiger partial charge is 0.352 e. The van der Waals surface area contributed by atoms with Gasteiger partial charge in [0.2, 0.25) is 0 Å². The fourth-order valence-electron chi connectivity index (χ4n) is 2.47. The molecule has 2 aliphatic heterocycles. The van der Waals surface area contributed by atoms with Crippen LogP contribution in [0, 0.1) is 0 Å². The van der Waals surface area contributed by atoms with E-state index < -0.39 is 12.0 Å². The number of hydrogen-bond donors (Lipinski definition) is 2. The van der Waals surface area contributed by atoms with E-state index in [1.807, 2.05) is 17.8 Å². The van der Waals surface area contributed by atoms with Gasteiger partial charge in [0, 0.05) is 25.2 Å². The van der Waals surface area contributed by atoms with Crippen molar-refractivity contribution in [2.45, 2.75) is 17.8 Å². The second-order valence-corrected chi connectivity index (χ2v) is 6.65. The quantitative estimate of drug-likeness (QED) is 0.596. The topological polar surface area (TPSA) is 87.5 Å². The molecule has 3 heterocycles. The molecular formula is C13H14N4O3S2. The predicted molar refractivity (Wildman–Crippen MR) is 85.2 cm³/mol. The van der Waals surface area contributed by atoms with Crippen LogP contribution in [-0.2, 0) is 23.1 Å². The van der Waals surface area contributed by atoms with Crippen molar-refractivity contribution in [3.8, 4) is 0 Å². The number of carboxylic acids is 1. The summed E-state index contributed by atoms with van der Waals surface area (Å²) in [5, 5.41) is 11.9. The van der Waals surface area contributed by atoms with Crippen molar-refractivity contribution in [1.82, 2.24) is 19.8 Å². The number of fused-ring (bicyclic) bond motifs is 1. The minimum Gasteiger partial charge on any atom is -0.477 e. The average Bonchev–Trinajstić information content (AvgIpc) is 2.88. The van der Waals surface area contributed by atoms with Crippen LogP contribution in [0.3, 0.4) is 0 Å². The molecule has 1 fully saturated rings. The number of aliphatic carboxylic acids is 1. The minimum absolute atomic E-state index is 0.0572. The van der Waals surface area contributed by atoms with Crippen LogP contribution in [0.5, 0.6) is 0 Å². The van der Waals surface area contributed by atoms with E-state index in [0.29, 0.717) is 17.2 Å². The van der Waals surface area contributed by atoms with Crippen LogP contribution >= 0.6 is 24.0 Å². The zero-order valence-electron chi connectivity index (χ0n) is 11.7. The number of nitrogens with one attached hydrogen (secondary N) is 1. The molecule has 9 heteroatoms. The molecular weight excluding hydrogens is 324 g/mol. The van der Waals surface area contributed by atoms with Crippen LogP contribution in [0.1, 0.15) is 5.82 Å². The summed E-state index contributed by atoms with van der Waals surface area (Å²) in [7, 11) is 1.88. The second-order valence-electron chi connectivity index (χ2n) is 5.00. The third-order valence-electron chi connectivity index (χ3n) is 3.62. The molecule has 0 aliphatic carbocycles. The lowest BCUT2D eigenvalue weighted by Crippen LogP contribution is -2.70. The van der Waals surface area contributed by atoms with Gasteiger partial charge < -0.3 is 15.0 Å². The minimum atomic E-state index is -1.08. The highest BCUT2D eigenvalue weighted by Gasteiger charge is 2.52. The Bertz CT molecular complexity index is 685. The number of amides is 1. The van der Waals surface area contributed by atoms with Crippen molar-refractivity contribution >= 4 is 40.8 Å². The normalized spacial score (nSPS) is 23.4. The first-order valence-electron chi connectivity index (χ1n) is 6.62. The summed E-state index contributed by atoms with van der Waals surface area (Å²) in [4.78, 5) is 29.4. The Balaban J connectivity index is 1.64. The molecule has 0 aromatic carbocycles. The first kappa shape index (κ1) is 15.0. The van der Waals surface area contributed by atoms with E-state index in [9.17, 15) is 9.59 Å². The number of carbonyl (C=O) groups is 2. The highest BCUT2D eigenvalue weighted by Crippen LogP contribution is 2.37. The van der Waals surface area contributed by atoms with E-state index in [2.05, 4.69) is 10.3 Å². The number of rotatable bonds is 4. The summed E-state index contributed by atoms with van der Waals surface area (Å²) in [6, 6.07) is -0.471. The fourth-order valence-corrected chi connectivity index (χ4v) is 3.92. The number of imidazole rings is 1. The third-order valence-corrected chi connectivity index (χ3v) is 5.07. The Morgan fingerprint density at radius 1 is 1.64 bits per heavy atom. The molecule has 0 bridgehead atoms. The van der Waals surface area contributed by atoms with Crippen molar-refractivity contribution in [3.05, 3.63) is 30.0 Å². The van der Waals surface area contributed by atoms with E-state index >= 15 is 0 Å². The first-order chi connectivity index (χ1) is 10.5. The molecule has 1 amide bonds. The zero-order valence-corrected chi connectivity index (χ0v) is 13.4. The van der Waals surface area contributed by atoms with Crippen LogP contribution in [0.4, 0.5) is 0 Å². The molecule has 1 aromatic heterocycles. The molecule has 2 N–H and O–H groups in total. The van der Waals surface area contributed by atoms with Gasteiger partial charge in [0.25, 0.3) is 5.91 Å². The van der Waals surface area contributed by atoms with E-state index in [-0.39, 0.29) is 17.0 Å². The lowest BCUT2D eigenvalue weighted by Gasteiger charge is -2.48. The van der Waals surface area contributed by atoms with Crippen LogP contribution in [-0.4, -0.2) is 53.6 Å². The Labute approximate surface area is 136 Å². The van der Waals surface area contributed by atoms with Gasteiger partial charge >= 0.3 is 5.97 Å². The van der Waals surface area contributed by atoms with Gasteiger partial charge in [0.15, 0.2) is 0 Å². The zero-order chi connectivity index (χ0) is 15.9. The summed E-state index contributed by atoms with van der Waals surface area (Å²) in [6.07, 6.45) is 5.52. The monoisotopic (exact) mass is 338 g/mol. The summed E-state index contributed by atoms with van der Waals surface area (Å²) in [5.41, 5.74) is 0.0572. The number of thioether (sulfide) groups is 1. The molecule has 22 heavy (non-hydrogen) atoms. The number of hydrogen-bond acceptors (Lipinski definition) is 5. The number of carboxylic acid groups (broad SMARTS) is 1. The van der Waals surface area contributed by atoms with Crippen molar-refractivity contribution in [1.29, 1.82) is 0 Å². The molecule has 1 saturated heterocycles. The van der Waals surface area contributed by atoms with Gasteiger partial charge in [-0.2, -0.15) is 0 Å². The van der Waals surface area contributed by atoms with E-state index in [0.717, 1.165) is 5.82 Å². The summed E-state index contributed by atoms with van der Waals surface area (Å²) in [6.45, 7) is 0. The molecule has 0 saturated carbocycles. The van der Waals surface area contributed by atoms with Crippen LogP contribution in [0.2, 0.25) is 0 Å². The maximum Gasteiger partial charge on any atom is 0.352 e. The number of aryl methyl sites for hydroxylation is 1. The van der Waals surface area contributed by atoms with Gasteiger partial charge in [0.05, 0.1) is 11.4 Å². The standard InChI is InChI=1S/C13H14N4O3S2/c1-16-4-3-14-8(16)6-9(21)15-10-11(18)17-7(13(19)20)2-5-22-12(10)17/h2-4,10,12H,5-6H2,1H3,(H,15,21)(H,19,20)/t10-,12-/m1/s1. The number of β-lactam (4-membered cyclic amide) rings is 1. The Hall–Kier alpha value is -1.87. The van der Waals surface area contributed by atoms with Crippen molar-refractivity contribution in [2.24, 2.45) is 7.05 Å². The summed E-state index contributed by atoms with van der Waals surface area (Å²) in [5.74, 6) is 0.0460. The molecule has 3 rings (SSSR count). The van der Waals surface area contributed by atoms with Gasteiger partial charge in [-0.05, 0) is 6.08 Å². The largest absolute Gasteiger partial charge is 0.477 e. The lowest BCUT2D eigenvalue weighted by molar-refractivity contribution is -0.148. The summed E-state index contributed by atoms with van der Waals surface area (Å²) >= 11 is 6.81. The van der Waals surface area contributed by atoms with Crippen molar-refractivity contribution in [2.75, 3.05) is 5.75 Å². The predicted octanol–water partition coefficient (Wildman–Crippen LogP) is 0.132. The van der Waals surface area contributed by atoms with Gasteiger partial charge in [-0.3, -0.25) is 9.69 Å². The van der Waals surface area contributed by atoms with E-state index in [1.165, 1.54) is 16.7 Å². The summed E-state index contributed by atoms with van der Waals surface area (Å²) < 4.78 is 1.86. The lowest BCUT2D eigenvalue weighted by atomic mass is 10.1. The molecule has 0 unspecified atom stereocenters. The van der Waals surface area contributed by atoms with Gasteiger partial charge in [-0.1, -0.05) is 12.2 Å².